The Labute approximate surface area is 133 Å². The number of hydrogen-bond donors (Lipinski definition) is 1. The number of rotatable bonds is 4. The summed E-state index contributed by atoms with van der Waals surface area (Å²) in [6.07, 6.45) is 0. The number of morpholine rings is 1. The first kappa shape index (κ1) is 16.5. The van der Waals surface area contributed by atoms with E-state index >= 15 is 0 Å². The van der Waals surface area contributed by atoms with Gasteiger partial charge in [-0.3, -0.25) is 14.9 Å². The van der Waals surface area contributed by atoms with Crippen molar-refractivity contribution in [2.75, 3.05) is 31.6 Å². The van der Waals surface area contributed by atoms with Crippen molar-refractivity contribution in [3.8, 4) is 0 Å². The number of aryl methyl sites for hydroxylation is 1. The number of nitrogens with one attached hydrogen (secondary N) is 1. The molecule has 2 rings (SSSR count). The minimum atomic E-state index is -0.479. The second-order valence-corrected chi connectivity index (χ2v) is 5.59. The third kappa shape index (κ3) is 3.66. The van der Waals surface area contributed by atoms with Crippen molar-refractivity contribution in [1.29, 1.82) is 0 Å². The molecule has 1 unspecified atom stereocenters. The van der Waals surface area contributed by atoms with Crippen LogP contribution in [0.4, 0.5) is 11.4 Å². The monoisotopic (exact) mass is 327 g/mol. The Kier molecular flexibility index (Phi) is 5.20. The topological polar surface area (TPSA) is 84.7 Å². The van der Waals surface area contributed by atoms with Gasteiger partial charge in [-0.2, -0.15) is 0 Å². The Morgan fingerprint density at radius 1 is 1.45 bits per heavy atom. The summed E-state index contributed by atoms with van der Waals surface area (Å²) in [4.78, 5) is 24.5. The van der Waals surface area contributed by atoms with E-state index in [0.717, 1.165) is 0 Å². The zero-order valence-corrected chi connectivity index (χ0v) is 13.2. The van der Waals surface area contributed by atoms with Crippen molar-refractivity contribution in [2.24, 2.45) is 0 Å². The molecule has 0 aliphatic carbocycles. The summed E-state index contributed by atoms with van der Waals surface area (Å²) in [5, 5.41) is 14.1. The maximum absolute atomic E-state index is 12.3. The normalized spacial score (nSPS) is 16.2. The van der Waals surface area contributed by atoms with Crippen molar-refractivity contribution < 1.29 is 14.5 Å². The van der Waals surface area contributed by atoms with Gasteiger partial charge < -0.3 is 15.0 Å². The lowest BCUT2D eigenvalue weighted by Crippen LogP contribution is -2.47. The number of carbonyl (C=O) groups is 1. The zero-order valence-electron chi connectivity index (χ0n) is 12.5. The lowest BCUT2D eigenvalue weighted by atomic mass is 10.1. The van der Waals surface area contributed by atoms with Crippen LogP contribution in [0.2, 0.25) is 5.02 Å². The molecule has 1 aliphatic heterocycles. The molecule has 1 heterocycles. The van der Waals surface area contributed by atoms with Crippen LogP contribution in [0.3, 0.4) is 0 Å². The van der Waals surface area contributed by atoms with Gasteiger partial charge in [-0.05, 0) is 19.9 Å². The van der Waals surface area contributed by atoms with Crippen LogP contribution in [0.5, 0.6) is 0 Å². The van der Waals surface area contributed by atoms with Crippen LogP contribution in [-0.2, 0) is 9.53 Å². The lowest BCUT2D eigenvalue weighted by Gasteiger charge is -2.30. The second kappa shape index (κ2) is 6.93. The molecule has 22 heavy (non-hydrogen) atoms. The molecule has 120 valence electrons. The maximum atomic E-state index is 12.3. The standard InChI is InChI=1S/C14H18ClN3O4/c1-9-7-12(11(15)8-13(9)18(20)21)16-10(2)14(19)17-3-5-22-6-4-17/h7-8,10,16H,3-6H2,1-2H3. The van der Waals surface area contributed by atoms with Crippen LogP contribution in [0.1, 0.15) is 12.5 Å². The fourth-order valence-electron chi connectivity index (χ4n) is 2.33. The molecule has 0 bridgehead atoms. The van der Waals surface area contributed by atoms with Crippen molar-refractivity contribution in [1.82, 2.24) is 4.90 Å². The van der Waals surface area contributed by atoms with Crippen molar-refractivity contribution >= 4 is 28.9 Å². The number of carbonyl (C=O) groups excluding carboxylic acids is 1. The van der Waals surface area contributed by atoms with E-state index in [1.165, 1.54) is 6.07 Å². The fourth-order valence-corrected chi connectivity index (χ4v) is 2.54. The minimum Gasteiger partial charge on any atom is -0.378 e. The number of nitro groups is 1. The molecule has 1 saturated heterocycles. The largest absolute Gasteiger partial charge is 0.378 e. The molecule has 1 fully saturated rings. The van der Waals surface area contributed by atoms with E-state index in [0.29, 0.717) is 37.6 Å². The average Bonchev–Trinajstić information content (AvgIpc) is 2.50. The SMILES string of the molecule is Cc1cc(NC(C)C(=O)N2CCOCC2)c(Cl)cc1[N+](=O)[O-]. The molecule has 1 amide bonds. The molecule has 7 nitrogen and oxygen atoms in total. The lowest BCUT2D eigenvalue weighted by molar-refractivity contribution is -0.385. The van der Waals surface area contributed by atoms with Gasteiger partial charge >= 0.3 is 0 Å². The van der Waals surface area contributed by atoms with Gasteiger partial charge in [-0.1, -0.05) is 11.6 Å². The number of ether oxygens (including phenoxy) is 1. The number of amides is 1. The van der Waals surface area contributed by atoms with E-state index in [-0.39, 0.29) is 16.6 Å². The quantitative estimate of drug-likeness (QED) is 0.677. The molecule has 1 aliphatic rings. The smallest absolute Gasteiger partial charge is 0.273 e. The Hall–Kier alpha value is -1.86. The van der Waals surface area contributed by atoms with Crippen LogP contribution < -0.4 is 5.32 Å². The van der Waals surface area contributed by atoms with Crippen LogP contribution >= 0.6 is 11.6 Å². The summed E-state index contributed by atoms with van der Waals surface area (Å²) in [5.41, 5.74) is 0.963. The van der Waals surface area contributed by atoms with Crippen LogP contribution in [0.25, 0.3) is 0 Å². The van der Waals surface area contributed by atoms with E-state index in [4.69, 9.17) is 16.3 Å². The molecule has 1 aromatic rings. The van der Waals surface area contributed by atoms with E-state index in [2.05, 4.69) is 5.32 Å². The van der Waals surface area contributed by atoms with Gasteiger partial charge in [0.15, 0.2) is 0 Å². The minimum absolute atomic E-state index is 0.0392. The second-order valence-electron chi connectivity index (χ2n) is 5.18. The third-order valence-electron chi connectivity index (χ3n) is 3.55. The third-order valence-corrected chi connectivity index (χ3v) is 3.86. The zero-order chi connectivity index (χ0) is 16.3. The van der Waals surface area contributed by atoms with Gasteiger partial charge in [0.05, 0.1) is 28.8 Å². The first-order valence-electron chi connectivity index (χ1n) is 6.97. The number of nitrogens with zero attached hydrogens (tertiary/aromatic N) is 2. The Morgan fingerprint density at radius 3 is 2.68 bits per heavy atom. The first-order chi connectivity index (χ1) is 10.4. The van der Waals surface area contributed by atoms with E-state index in [1.807, 2.05) is 0 Å². The highest BCUT2D eigenvalue weighted by molar-refractivity contribution is 6.33. The predicted octanol–water partition coefficient (Wildman–Crippen LogP) is 2.22. The average molecular weight is 328 g/mol. The molecule has 1 aromatic carbocycles. The molecule has 0 saturated carbocycles. The molecule has 8 heteroatoms. The molecule has 0 aromatic heterocycles. The van der Waals surface area contributed by atoms with E-state index < -0.39 is 11.0 Å². The summed E-state index contributed by atoms with van der Waals surface area (Å²) in [6, 6.07) is 2.41. The van der Waals surface area contributed by atoms with Crippen molar-refractivity contribution in [3.05, 3.63) is 32.8 Å². The number of halogens is 1. The maximum Gasteiger partial charge on any atom is 0.273 e. The molecular formula is C14H18ClN3O4. The Morgan fingerprint density at radius 2 is 2.09 bits per heavy atom. The number of benzene rings is 1. The number of hydrogen-bond acceptors (Lipinski definition) is 5. The molecule has 1 atom stereocenters. The van der Waals surface area contributed by atoms with E-state index in [1.54, 1.807) is 24.8 Å². The van der Waals surface area contributed by atoms with Crippen LogP contribution in [0.15, 0.2) is 12.1 Å². The summed E-state index contributed by atoms with van der Waals surface area (Å²) in [5.74, 6) is -0.0460. The van der Waals surface area contributed by atoms with Crippen molar-refractivity contribution in [2.45, 2.75) is 19.9 Å². The molecule has 1 N–H and O–H groups in total. The van der Waals surface area contributed by atoms with Gasteiger partial charge in [-0.25, -0.2) is 0 Å². The summed E-state index contributed by atoms with van der Waals surface area (Å²) >= 11 is 6.07. The highest BCUT2D eigenvalue weighted by Crippen LogP contribution is 2.30. The summed E-state index contributed by atoms with van der Waals surface area (Å²) in [6.45, 7) is 5.58. The Bertz CT molecular complexity index is 588. The number of nitro benzene ring substituents is 1. The fraction of sp³-hybridized carbons (Fsp3) is 0.500. The van der Waals surface area contributed by atoms with Crippen LogP contribution in [0, 0.1) is 17.0 Å². The van der Waals surface area contributed by atoms with Gasteiger partial charge in [0.1, 0.15) is 6.04 Å². The van der Waals surface area contributed by atoms with E-state index in [9.17, 15) is 14.9 Å². The Balaban J connectivity index is 2.11. The molecule has 0 spiro atoms. The number of anilines is 1. The predicted molar refractivity (Wildman–Crippen MR) is 83.3 cm³/mol. The van der Waals surface area contributed by atoms with Gasteiger partial charge in [0.2, 0.25) is 5.91 Å². The van der Waals surface area contributed by atoms with Gasteiger partial charge in [0, 0.05) is 24.7 Å². The van der Waals surface area contributed by atoms with Gasteiger partial charge in [0.25, 0.3) is 5.69 Å². The summed E-state index contributed by atoms with van der Waals surface area (Å²) in [7, 11) is 0. The van der Waals surface area contributed by atoms with Gasteiger partial charge in [-0.15, -0.1) is 0 Å². The molecular weight excluding hydrogens is 310 g/mol. The highest BCUT2D eigenvalue weighted by atomic mass is 35.5. The highest BCUT2D eigenvalue weighted by Gasteiger charge is 2.23. The summed E-state index contributed by atoms with van der Waals surface area (Å²) < 4.78 is 5.22. The van der Waals surface area contributed by atoms with Crippen molar-refractivity contribution in [3.63, 3.8) is 0 Å². The first-order valence-corrected chi connectivity index (χ1v) is 7.35. The van der Waals surface area contributed by atoms with Crippen LogP contribution in [-0.4, -0.2) is 48.1 Å². The molecule has 0 radical (unpaired) electrons.